The summed E-state index contributed by atoms with van der Waals surface area (Å²) < 4.78 is 1.80. The van der Waals surface area contributed by atoms with Gasteiger partial charge in [-0.05, 0) is 25.3 Å². The first kappa shape index (κ1) is 18.7. The molecule has 0 saturated carbocycles. The molecular weight excluding hydrogens is 356 g/mol. The minimum absolute atomic E-state index is 0.0432. The summed E-state index contributed by atoms with van der Waals surface area (Å²) in [7, 11) is 0. The molecule has 8 heteroatoms. The van der Waals surface area contributed by atoms with Crippen LogP contribution in [0, 0.1) is 5.41 Å². The molecule has 0 aliphatic carbocycles. The molecule has 2 aliphatic heterocycles. The molecule has 150 valence electrons. The smallest absolute Gasteiger partial charge is 0.224 e. The number of carbonyl (C=O) groups is 2. The Morgan fingerprint density at radius 3 is 2.96 bits per heavy atom. The van der Waals surface area contributed by atoms with E-state index in [0.717, 1.165) is 51.0 Å². The summed E-state index contributed by atoms with van der Waals surface area (Å²) in [6.45, 7) is 3.66. The third-order valence-corrected chi connectivity index (χ3v) is 6.08. The first-order valence-electron chi connectivity index (χ1n) is 10.1. The summed E-state index contributed by atoms with van der Waals surface area (Å²) >= 11 is 0. The summed E-state index contributed by atoms with van der Waals surface area (Å²) in [5.41, 5.74) is 1.09. The summed E-state index contributed by atoms with van der Waals surface area (Å²) in [6, 6.07) is 1.87. The van der Waals surface area contributed by atoms with Crippen LogP contribution in [0.25, 0.3) is 0 Å². The Bertz CT molecular complexity index is 788. The number of hydrogen-bond donors (Lipinski definition) is 1. The number of likely N-dealkylation sites (tertiary alicyclic amines) is 2. The van der Waals surface area contributed by atoms with Crippen molar-refractivity contribution >= 4 is 11.8 Å². The molecule has 4 rings (SSSR count). The maximum atomic E-state index is 12.7. The number of nitrogens with one attached hydrogen (secondary N) is 1. The second kappa shape index (κ2) is 8.16. The highest BCUT2D eigenvalue weighted by atomic mass is 16.2. The van der Waals surface area contributed by atoms with Gasteiger partial charge in [0.05, 0.1) is 6.33 Å². The van der Waals surface area contributed by atoms with Crippen LogP contribution in [-0.2, 0) is 22.6 Å². The molecule has 28 heavy (non-hydrogen) atoms. The minimum Gasteiger partial charge on any atom is -0.348 e. The Morgan fingerprint density at radius 1 is 1.25 bits per heavy atom. The van der Waals surface area contributed by atoms with Gasteiger partial charge >= 0.3 is 0 Å². The molecule has 1 spiro atoms. The lowest BCUT2D eigenvalue weighted by atomic mass is 9.73. The summed E-state index contributed by atoms with van der Waals surface area (Å²) in [5, 5.41) is 4.17. The fourth-order valence-corrected chi connectivity index (χ4v) is 4.54. The van der Waals surface area contributed by atoms with Gasteiger partial charge in [0.25, 0.3) is 0 Å². The molecule has 0 radical (unpaired) electrons. The van der Waals surface area contributed by atoms with Crippen LogP contribution in [0.3, 0.4) is 0 Å². The van der Waals surface area contributed by atoms with E-state index in [4.69, 9.17) is 0 Å². The number of aromatic nitrogens is 4. The number of amides is 2. The van der Waals surface area contributed by atoms with Gasteiger partial charge in [-0.3, -0.25) is 14.3 Å². The fraction of sp³-hybridized carbons (Fsp3) is 0.600. The maximum absolute atomic E-state index is 12.7. The number of imidazole rings is 1. The van der Waals surface area contributed by atoms with Crippen molar-refractivity contribution in [3.05, 3.63) is 36.7 Å². The molecule has 0 unspecified atom stereocenters. The maximum Gasteiger partial charge on any atom is 0.224 e. The van der Waals surface area contributed by atoms with Gasteiger partial charge in [0.2, 0.25) is 11.8 Å². The zero-order valence-electron chi connectivity index (χ0n) is 16.2. The van der Waals surface area contributed by atoms with Gasteiger partial charge in [-0.15, -0.1) is 0 Å². The number of H-pyrrole nitrogens is 1. The Hall–Kier alpha value is -2.64. The van der Waals surface area contributed by atoms with Crippen LogP contribution in [-0.4, -0.2) is 67.5 Å². The van der Waals surface area contributed by atoms with E-state index in [1.807, 2.05) is 28.3 Å². The van der Waals surface area contributed by atoms with Crippen LogP contribution in [0.1, 0.15) is 37.8 Å². The topological polar surface area (TPSA) is 87.1 Å². The van der Waals surface area contributed by atoms with Crippen molar-refractivity contribution in [2.45, 2.75) is 45.1 Å². The number of hydrogen-bond acceptors (Lipinski definition) is 4. The highest BCUT2D eigenvalue weighted by Crippen LogP contribution is 2.39. The molecular formula is C20H28N6O2. The van der Waals surface area contributed by atoms with Crippen LogP contribution in [0.4, 0.5) is 0 Å². The Balaban J connectivity index is 1.34. The third kappa shape index (κ3) is 4.26. The molecule has 2 amide bonds. The molecule has 8 nitrogen and oxygen atoms in total. The molecule has 1 N–H and O–H groups in total. The van der Waals surface area contributed by atoms with Gasteiger partial charge in [0.15, 0.2) is 0 Å². The number of nitrogens with zero attached hydrogens (tertiary/aromatic N) is 5. The van der Waals surface area contributed by atoms with E-state index in [9.17, 15) is 9.59 Å². The number of piperidine rings is 2. The average molecular weight is 384 g/mol. The van der Waals surface area contributed by atoms with Crippen LogP contribution in [0.2, 0.25) is 0 Å². The molecule has 4 heterocycles. The largest absolute Gasteiger partial charge is 0.348 e. The predicted molar refractivity (Wildman–Crippen MR) is 103 cm³/mol. The Kier molecular flexibility index (Phi) is 5.45. The summed E-state index contributed by atoms with van der Waals surface area (Å²) in [6.07, 6.45) is 11.9. The van der Waals surface area contributed by atoms with E-state index in [2.05, 4.69) is 15.1 Å². The zero-order valence-corrected chi connectivity index (χ0v) is 16.2. The van der Waals surface area contributed by atoms with Crippen LogP contribution in [0.5, 0.6) is 0 Å². The van der Waals surface area contributed by atoms with Crippen LogP contribution in [0.15, 0.2) is 31.0 Å². The quantitative estimate of drug-likeness (QED) is 0.817. The van der Waals surface area contributed by atoms with E-state index in [1.54, 1.807) is 17.2 Å². The second-order valence-electron chi connectivity index (χ2n) is 8.08. The number of rotatable bonds is 6. The van der Waals surface area contributed by atoms with Gasteiger partial charge < -0.3 is 14.8 Å². The lowest BCUT2D eigenvalue weighted by Gasteiger charge is -2.48. The van der Waals surface area contributed by atoms with E-state index >= 15 is 0 Å². The summed E-state index contributed by atoms with van der Waals surface area (Å²) in [4.78, 5) is 36.3. The van der Waals surface area contributed by atoms with E-state index in [1.165, 1.54) is 0 Å². The minimum atomic E-state index is 0.0432. The van der Waals surface area contributed by atoms with Crippen molar-refractivity contribution in [2.24, 2.45) is 5.41 Å². The molecule has 0 aromatic carbocycles. The molecule has 2 aromatic rings. The first-order valence-corrected chi connectivity index (χ1v) is 10.1. The highest BCUT2D eigenvalue weighted by Gasteiger charge is 2.42. The van der Waals surface area contributed by atoms with Crippen molar-refractivity contribution in [3.63, 3.8) is 0 Å². The van der Waals surface area contributed by atoms with Crippen molar-refractivity contribution in [3.8, 4) is 0 Å². The van der Waals surface area contributed by atoms with Crippen molar-refractivity contribution in [1.82, 2.24) is 29.5 Å². The number of aryl methyl sites for hydroxylation is 1. The van der Waals surface area contributed by atoms with Gasteiger partial charge in [0.1, 0.15) is 0 Å². The average Bonchev–Trinajstić information content (AvgIpc) is 3.41. The first-order chi connectivity index (χ1) is 13.6. The van der Waals surface area contributed by atoms with Gasteiger partial charge in [0, 0.05) is 81.7 Å². The van der Waals surface area contributed by atoms with Gasteiger partial charge in [-0.25, -0.2) is 4.98 Å². The molecule has 1 atom stereocenters. The summed E-state index contributed by atoms with van der Waals surface area (Å²) in [5.74, 6) is 0.419. The fourth-order valence-electron chi connectivity index (χ4n) is 4.54. The lowest BCUT2D eigenvalue weighted by molar-refractivity contribution is -0.143. The van der Waals surface area contributed by atoms with Crippen LogP contribution < -0.4 is 0 Å². The van der Waals surface area contributed by atoms with Crippen molar-refractivity contribution in [1.29, 1.82) is 0 Å². The predicted octanol–water partition coefficient (Wildman–Crippen LogP) is 1.47. The van der Waals surface area contributed by atoms with E-state index in [-0.39, 0.29) is 17.2 Å². The molecule has 2 saturated heterocycles. The molecule has 2 fully saturated rings. The van der Waals surface area contributed by atoms with Gasteiger partial charge in [-0.2, -0.15) is 5.10 Å². The third-order valence-electron chi connectivity index (χ3n) is 6.08. The number of aromatic amines is 1. The van der Waals surface area contributed by atoms with E-state index < -0.39 is 0 Å². The monoisotopic (exact) mass is 384 g/mol. The number of carbonyl (C=O) groups excluding carboxylic acids is 2. The SMILES string of the molecule is O=C(CCn1cccn1)N1CCC[C@@]2(CCC(=O)N(CCc3cnc[nH]3)C2)C1. The standard InChI is InChI=1S/C20H28N6O2/c27-18-3-7-20(15-25(18)11-4-17-13-21-16-22-17)6-1-9-24(14-20)19(28)5-12-26-10-2-8-23-26/h2,8,10,13,16H,1,3-7,9,11-12,14-15H2,(H,21,22)/t20-/m1/s1. The second-order valence-corrected chi connectivity index (χ2v) is 8.08. The lowest BCUT2D eigenvalue weighted by Crippen LogP contribution is -2.55. The molecule has 0 bridgehead atoms. The zero-order chi connectivity index (χ0) is 19.4. The van der Waals surface area contributed by atoms with E-state index in [0.29, 0.717) is 25.9 Å². The Morgan fingerprint density at radius 2 is 2.18 bits per heavy atom. The van der Waals surface area contributed by atoms with Crippen molar-refractivity contribution < 1.29 is 9.59 Å². The van der Waals surface area contributed by atoms with Crippen molar-refractivity contribution in [2.75, 3.05) is 26.2 Å². The molecule has 2 aromatic heterocycles. The van der Waals surface area contributed by atoms with Gasteiger partial charge in [-0.1, -0.05) is 0 Å². The highest BCUT2D eigenvalue weighted by molar-refractivity contribution is 5.78. The van der Waals surface area contributed by atoms with Crippen LogP contribution >= 0.6 is 0 Å². The Labute approximate surface area is 164 Å². The molecule has 2 aliphatic rings. The normalized spacial score (nSPS) is 22.8.